The number of hydrogen-bond donors (Lipinski definition) is 2. The average molecular weight is 362 g/mol. The van der Waals surface area contributed by atoms with E-state index in [4.69, 9.17) is 4.42 Å². The van der Waals surface area contributed by atoms with Gasteiger partial charge < -0.3 is 15.1 Å². The topological polar surface area (TPSA) is 97.1 Å². The van der Waals surface area contributed by atoms with Crippen molar-refractivity contribution in [1.29, 1.82) is 0 Å². The molecule has 1 aromatic carbocycles. The summed E-state index contributed by atoms with van der Waals surface area (Å²) in [5, 5.41) is 13.5. The van der Waals surface area contributed by atoms with Crippen molar-refractivity contribution in [3.05, 3.63) is 29.3 Å². The van der Waals surface area contributed by atoms with Crippen LogP contribution in [-0.2, 0) is 9.59 Å². The summed E-state index contributed by atoms with van der Waals surface area (Å²) in [6, 6.07) is 6.04. The van der Waals surface area contributed by atoms with Gasteiger partial charge in [-0.3, -0.25) is 9.59 Å². The molecule has 2 amide bonds. The number of thioether (sulfide) groups is 1. The summed E-state index contributed by atoms with van der Waals surface area (Å²) in [5.74, 6) is 0.0352. The lowest BCUT2D eigenvalue weighted by Gasteiger charge is -2.08. The van der Waals surface area contributed by atoms with Gasteiger partial charge in [0.25, 0.3) is 5.22 Å². The number of hydrogen-bond acceptors (Lipinski definition) is 6. The third-order valence-electron chi connectivity index (χ3n) is 3.10. The molecule has 0 saturated carbocycles. The number of carbonyl (C=O) groups excluding carboxylic acids is 2. The van der Waals surface area contributed by atoms with Crippen molar-refractivity contribution in [3.63, 3.8) is 0 Å². The van der Waals surface area contributed by atoms with Crippen molar-refractivity contribution >= 4 is 23.6 Å². The van der Waals surface area contributed by atoms with Gasteiger partial charge in [-0.25, -0.2) is 0 Å². The lowest BCUT2D eigenvalue weighted by atomic mass is 10.1. The minimum Gasteiger partial charge on any atom is -0.411 e. The van der Waals surface area contributed by atoms with Crippen molar-refractivity contribution in [2.24, 2.45) is 0 Å². The number of carbonyl (C=O) groups is 2. The highest BCUT2D eigenvalue weighted by atomic mass is 32.2. The minimum atomic E-state index is -0.268. The van der Waals surface area contributed by atoms with Crippen LogP contribution in [0.1, 0.15) is 25.0 Å². The molecule has 2 aromatic rings. The van der Waals surface area contributed by atoms with E-state index in [1.54, 1.807) is 0 Å². The Kier molecular flexibility index (Phi) is 6.58. The SMILES string of the molecule is Cc1cc(C)cc(-c2nnc(SCC(=O)NCC(=O)NC(C)C)o2)c1. The standard InChI is InChI=1S/C17H22N4O3S/c1-10(2)19-14(22)8-18-15(23)9-25-17-21-20-16(24-17)13-6-11(3)5-12(4)7-13/h5-7,10H,8-9H2,1-4H3,(H,18,23)(H,19,22). The molecule has 0 aliphatic rings. The van der Waals surface area contributed by atoms with Crippen LogP contribution in [0.4, 0.5) is 0 Å². The summed E-state index contributed by atoms with van der Waals surface area (Å²) in [6.07, 6.45) is 0. The van der Waals surface area contributed by atoms with Crippen molar-refractivity contribution in [1.82, 2.24) is 20.8 Å². The molecule has 0 bridgehead atoms. The van der Waals surface area contributed by atoms with E-state index in [1.165, 1.54) is 0 Å². The Morgan fingerprint density at radius 2 is 1.80 bits per heavy atom. The lowest BCUT2D eigenvalue weighted by molar-refractivity contribution is -0.125. The molecule has 1 heterocycles. The molecule has 0 aliphatic carbocycles. The van der Waals surface area contributed by atoms with Crippen LogP contribution in [0.3, 0.4) is 0 Å². The number of aryl methyl sites for hydroxylation is 2. The second kappa shape index (κ2) is 8.66. The zero-order valence-electron chi connectivity index (χ0n) is 14.8. The molecule has 1 aromatic heterocycles. The molecular formula is C17H22N4O3S. The summed E-state index contributed by atoms with van der Waals surface area (Å²) in [4.78, 5) is 23.2. The first-order valence-corrected chi connectivity index (χ1v) is 8.93. The number of nitrogens with zero attached hydrogens (tertiary/aromatic N) is 2. The molecule has 0 atom stereocenters. The molecule has 7 nitrogen and oxygen atoms in total. The van der Waals surface area contributed by atoms with Crippen molar-refractivity contribution < 1.29 is 14.0 Å². The van der Waals surface area contributed by atoms with Gasteiger partial charge in [0.1, 0.15) is 0 Å². The van der Waals surface area contributed by atoms with Gasteiger partial charge in [0.15, 0.2) is 0 Å². The Bertz CT molecular complexity index is 738. The molecular weight excluding hydrogens is 340 g/mol. The number of benzene rings is 1. The minimum absolute atomic E-state index is 0.0425. The van der Waals surface area contributed by atoms with Gasteiger partial charge in [-0.2, -0.15) is 0 Å². The molecule has 2 N–H and O–H groups in total. The van der Waals surface area contributed by atoms with Crippen LogP contribution in [0.25, 0.3) is 11.5 Å². The van der Waals surface area contributed by atoms with E-state index in [-0.39, 0.29) is 30.2 Å². The Balaban J connectivity index is 1.85. The predicted molar refractivity (Wildman–Crippen MR) is 96.2 cm³/mol. The van der Waals surface area contributed by atoms with Crippen LogP contribution in [0.5, 0.6) is 0 Å². The fraction of sp³-hybridized carbons (Fsp3) is 0.412. The summed E-state index contributed by atoms with van der Waals surface area (Å²) >= 11 is 1.13. The van der Waals surface area contributed by atoms with Crippen LogP contribution in [0.2, 0.25) is 0 Å². The van der Waals surface area contributed by atoms with Crippen LogP contribution in [-0.4, -0.2) is 40.4 Å². The van der Waals surface area contributed by atoms with E-state index in [2.05, 4.69) is 26.9 Å². The Labute approximate surface area is 151 Å². The molecule has 0 aliphatic heterocycles. The largest absolute Gasteiger partial charge is 0.411 e. The first-order valence-electron chi connectivity index (χ1n) is 7.94. The average Bonchev–Trinajstić information content (AvgIpc) is 2.98. The first-order chi connectivity index (χ1) is 11.8. The maximum absolute atomic E-state index is 11.8. The smallest absolute Gasteiger partial charge is 0.277 e. The maximum atomic E-state index is 11.8. The van der Waals surface area contributed by atoms with E-state index < -0.39 is 0 Å². The highest BCUT2D eigenvalue weighted by Crippen LogP contribution is 2.24. The number of rotatable bonds is 7. The Morgan fingerprint density at radius 3 is 2.44 bits per heavy atom. The predicted octanol–water partition coefficient (Wildman–Crippen LogP) is 2.09. The summed E-state index contributed by atoms with van der Waals surface area (Å²) in [7, 11) is 0. The van der Waals surface area contributed by atoms with E-state index in [0.29, 0.717) is 11.1 Å². The van der Waals surface area contributed by atoms with Gasteiger partial charge in [0.05, 0.1) is 12.3 Å². The van der Waals surface area contributed by atoms with Gasteiger partial charge in [0, 0.05) is 11.6 Å². The van der Waals surface area contributed by atoms with Gasteiger partial charge >= 0.3 is 0 Å². The van der Waals surface area contributed by atoms with Gasteiger partial charge in [0.2, 0.25) is 17.7 Å². The van der Waals surface area contributed by atoms with Crippen LogP contribution >= 0.6 is 11.8 Å². The molecule has 134 valence electrons. The molecule has 2 rings (SSSR count). The van der Waals surface area contributed by atoms with Crippen molar-refractivity contribution in [2.45, 2.75) is 39.0 Å². The van der Waals surface area contributed by atoms with Gasteiger partial charge in [-0.05, 0) is 39.8 Å². The third-order valence-corrected chi connectivity index (χ3v) is 3.92. The van der Waals surface area contributed by atoms with E-state index in [0.717, 1.165) is 28.5 Å². The zero-order chi connectivity index (χ0) is 18.4. The first kappa shape index (κ1) is 19.0. The van der Waals surface area contributed by atoms with Crippen LogP contribution in [0.15, 0.2) is 27.8 Å². The molecule has 0 fully saturated rings. The Morgan fingerprint density at radius 1 is 1.12 bits per heavy atom. The summed E-state index contributed by atoms with van der Waals surface area (Å²) in [5.41, 5.74) is 3.08. The molecule has 0 spiro atoms. The van der Waals surface area contributed by atoms with E-state index in [1.807, 2.05) is 39.8 Å². The van der Waals surface area contributed by atoms with E-state index >= 15 is 0 Å². The fourth-order valence-electron chi connectivity index (χ4n) is 2.21. The van der Waals surface area contributed by atoms with Crippen molar-refractivity contribution in [2.75, 3.05) is 12.3 Å². The summed E-state index contributed by atoms with van der Waals surface area (Å²) < 4.78 is 5.59. The van der Waals surface area contributed by atoms with Gasteiger partial charge in [-0.1, -0.05) is 29.0 Å². The number of nitrogens with one attached hydrogen (secondary N) is 2. The van der Waals surface area contributed by atoms with Gasteiger partial charge in [-0.15, -0.1) is 10.2 Å². The number of amides is 2. The monoisotopic (exact) mass is 362 g/mol. The van der Waals surface area contributed by atoms with E-state index in [9.17, 15) is 9.59 Å². The zero-order valence-corrected chi connectivity index (χ0v) is 15.6. The summed E-state index contributed by atoms with van der Waals surface area (Å²) in [6.45, 7) is 7.68. The normalized spacial score (nSPS) is 10.8. The lowest BCUT2D eigenvalue weighted by Crippen LogP contribution is -2.40. The van der Waals surface area contributed by atoms with Crippen LogP contribution in [0, 0.1) is 13.8 Å². The second-order valence-corrected chi connectivity index (χ2v) is 6.96. The fourth-order valence-corrected chi connectivity index (χ4v) is 2.81. The van der Waals surface area contributed by atoms with Crippen LogP contribution < -0.4 is 10.6 Å². The molecule has 8 heteroatoms. The highest BCUT2D eigenvalue weighted by molar-refractivity contribution is 7.99. The quantitative estimate of drug-likeness (QED) is 0.732. The maximum Gasteiger partial charge on any atom is 0.277 e. The molecule has 25 heavy (non-hydrogen) atoms. The number of aromatic nitrogens is 2. The Hall–Kier alpha value is -2.35. The van der Waals surface area contributed by atoms with Crippen molar-refractivity contribution in [3.8, 4) is 11.5 Å². The molecule has 0 radical (unpaired) electrons. The highest BCUT2D eigenvalue weighted by Gasteiger charge is 2.12. The second-order valence-electron chi connectivity index (χ2n) is 6.04. The molecule has 0 unspecified atom stereocenters. The molecule has 0 saturated heterocycles. The third kappa shape index (κ3) is 6.22.